The number of ether oxygens (including phenoxy) is 2. The zero-order valence-corrected chi connectivity index (χ0v) is 13.3. The molecule has 0 amide bonds. The van der Waals surface area contributed by atoms with E-state index in [1.807, 2.05) is 0 Å². The number of rotatable bonds is 5. The van der Waals surface area contributed by atoms with Gasteiger partial charge >= 0.3 is 5.97 Å². The van der Waals surface area contributed by atoms with Crippen molar-refractivity contribution in [2.24, 2.45) is 5.41 Å². The molecule has 0 aliphatic carbocycles. The van der Waals surface area contributed by atoms with Crippen molar-refractivity contribution in [1.82, 2.24) is 4.98 Å². The van der Waals surface area contributed by atoms with Gasteiger partial charge in [-0.05, 0) is 18.3 Å². The van der Waals surface area contributed by atoms with Crippen LogP contribution in [0.25, 0.3) is 0 Å². The van der Waals surface area contributed by atoms with Gasteiger partial charge in [-0.15, -0.1) is 0 Å². The lowest BCUT2D eigenvalue weighted by atomic mass is 9.82. The molecule has 0 atom stereocenters. The minimum atomic E-state index is -0.582. The average molecular weight is 312 g/mol. The summed E-state index contributed by atoms with van der Waals surface area (Å²) in [5, 5.41) is 3.82. The fourth-order valence-corrected chi connectivity index (χ4v) is 3.04. The number of esters is 1. The van der Waals surface area contributed by atoms with Crippen LogP contribution in [0.5, 0.6) is 0 Å². The summed E-state index contributed by atoms with van der Waals surface area (Å²) in [4.78, 5) is 27.8. The zero-order valence-electron chi connectivity index (χ0n) is 12.5. The minimum absolute atomic E-state index is 0.0923. The normalized spacial score (nSPS) is 17.3. The summed E-state index contributed by atoms with van der Waals surface area (Å²) in [6, 6.07) is 0. The van der Waals surface area contributed by atoms with Crippen molar-refractivity contribution in [2.75, 3.05) is 32.2 Å². The highest BCUT2D eigenvalue weighted by molar-refractivity contribution is 7.17. The number of anilines is 1. The quantitative estimate of drug-likeness (QED) is 0.664. The number of hydrogen-bond acceptors (Lipinski definition) is 7. The summed E-state index contributed by atoms with van der Waals surface area (Å²) < 4.78 is 10.0. The average Bonchev–Trinajstić information content (AvgIpc) is 2.90. The lowest BCUT2D eigenvalue weighted by Crippen LogP contribution is -2.33. The first kappa shape index (κ1) is 15.9. The Balaban J connectivity index is 2.10. The third-order valence-corrected chi connectivity index (χ3v) is 4.81. The lowest BCUT2D eigenvalue weighted by Gasteiger charge is -2.33. The van der Waals surface area contributed by atoms with Crippen LogP contribution in [-0.2, 0) is 9.47 Å². The molecule has 6 nitrogen and oxygen atoms in total. The van der Waals surface area contributed by atoms with Crippen molar-refractivity contribution < 1.29 is 19.1 Å². The number of Topliss-reactive ketones (excluding diaryl/α,β-unsaturated/α-hetero) is 1. The molecule has 0 saturated carbocycles. The number of aromatic nitrogens is 1. The molecule has 116 valence electrons. The van der Waals surface area contributed by atoms with Gasteiger partial charge in [0.05, 0.1) is 7.11 Å². The number of thiazole rings is 1. The van der Waals surface area contributed by atoms with Gasteiger partial charge in [-0.1, -0.05) is 18.3 Å². The maximum Gasteiger partial charge on any atom is 0.358 e. The number of nitrogens with one attached hydrogen (secondary N) is 1. The second kappa shape index (κ2) is 6.53. The van der Waals surface area contributed by atoms with E-state index in [4.69, 9.17) is 4.74 Å². The smallest absolute Gasteiger partial charge is 0.358 e. The van der Waals surface area contributed by atoms with E-state index in [2.05, 4.69) is 22.0 Å². The highest BCUT2D eigenvalue weighted by Gasteiger charge is 2.28. The number of ketones is 1. The molecule has 2 rings (SSSR count). The molecule has 7 heteroatoms. The van der Waals surface area contributed by atoms with Crippen LogP contribution in [0.3, 0.4) is 0 Å². The molecule has 0 bridgehead atoms. The summed E-state index contributed by atoms with van der Waals surface area (Å²) in [7, 11) is 1.28. The highest BCUT2D eigenvalue weighted by atomic mass is 32.1. The van der Waals surface area contributed by atoms with Gasteiger partial charge in [0.2, 0.25) is 0 Å². The fourth-order valence-electron chi connectivity index (χ4n) is 2.20. The molecule has 1 aromatic heterocycles. The summed E-state index contributed by atoms with van der Waals surface area (Å²) >= 11 is 1.19. The summed E-state index contributed by atoms with van der Waals surface area (Å²) in [6.07, 6.45) is 1.96. The SMILES string of the molecule is COC(=O)c1nc(NCC2(C)CCOCC2)sc1C(C)=O. The third-order valence-electron chi connectivity index (χ3n) is 3.69. The van der Waals surface area contributed by atoms with E-state index in [1.165, 1.54) is 25.4 Å². The Morgan fingerprint density at radius 1 is 1.43 bits per heavy atom. The summed E-state index contributed by atoms with van der Waals surface area (Å²) in [6.45, 7) is 5.89. The number of carbonyl (C=O) groups is 2. The molecule has 2 heterocycles. The van der Waals surface area contributed by atoms with Crippen molar-refractivity contribution in [3.05, 3.63) is 10.6 Å². The molecule has 0 aromatic carbocycles. The van der Waals surface area contributed by atoms with E-state index in [9.17, 15) is 9.59 Å². The molecular formula is C14H20N2O4S. The van der Waals surface area contributed by atoms with E-state index >= 15 is 0 Å². The number of methoxy groups -OCH3 is 1. The molecule has 0 radical (unpaired) electrons. The summed E-state index contributed by atoms with van der Waals surface area (Å²) in [5.41, 5.74) is 0.237. The molecule has 0 unspecified atom stereocenters. The van der Waals surface area contributed by atoms with Crippen LogP contribution < -0.4 is 5.32 Å². The van der Waals surface area contributed by atoms with Crippen molar-refractivity contribution in [1.29, 1.82) is 0 Å². The largest absolute Gasteiger partial charge is 0.464 e. The predicted molar refractivity (Wildman–Crippen MR) is 80.1 cm³/mol. The first-order valence-corrected chi connectivity index (χ1v) is 7.68. The first-order chi connectivity index (χ1) is 9.95. The van der Waals surface area contributed by atoms with Gasteiger partial charge in [-0.3, -0.25) is 4.79 Å². The van der Waals surface area contributed by atoms with Crippen LogP contribution in [0.4, 0.5) is 5.13 Å². The first-order valence-electron chi connectivity index (χ1n) is 6.87. The topological polar surface area (TPSA) is 77.5 Å². The Labute approximate surface area is 127 Å². The molecular weight excluding hydrogens is 292 g/mol. The number of nitrogens with zero attached hydrogens (tertiary/aromatic N) is 1. The summed E-state index contributed by atoms with van der Waals surface area (Å²) in [5.74, 6) is -0.764. The van der Waals surface area contributed by atoms with Gasteiger partial charge in [0.1, 0.15) is 4.88 Å². The Morgan fingerprint density at radius 3 is 2.67 bits per heavy atom. The second-order valence-electron chi connectivity index (χ2n) is 5.52. The molecule has 21 heavy (non-hydrogen) atoms. The Bertz CT molecular complexity index is 535. The standard InChI is InChI=1S/C14H20N2O4S/c1-9(17)11-10(12(18)19-3)16-13(21-11)15-8-14(2)4-6-20-7-5-14/h4-8H2,1-3H3,(H,15,16). The van der Waals surface area contributed by atoms with Crippen molar-refractivity contribution >= 4 is 28.2 Å². The van der Waals surface area contributed by atoms with Crippen molar-refractivity contribution in [2.45, 2.75) is 26.7 Å². The molecule has 0 spiro atoms. The van der Waals surface area contributed by atoms with E-state index < -0.39 is 5.97 Å². The molecule has 1 aliphatic heterocycles. The maximum atomic E-state index is 11.6. The van der Waals surface area contributed by atoms with Crippen LogP contribution in [0.1, 0.15) is 46.8 Å². The molecule has 1 fully saturated rings. The van der Waals surface area contributed by atoms with Crippen molar-refractivity contribution in [3.8, 4) is 0 Å². The highest BCUT2D eigenvalue weighted by Crippen LogP contribution is 2.31. The number of carbonyl (C=O) groups excluding carboxylic acids is 2. The Hall–Kier alpha value is -1.47. The third kappa shape index (κ3) is 3.79. The predicted octanol–water partition coefficient (Wildman–Crippen LogP) is 2.36. The van der Waals surface area contributed by atoms with Gasteiger partial charge in [-0.25, -0.2) is 9.78 Å². The molecule has 1 aliphatic rings. The van der Waals surface area contributed by atoms with Gasteiger partial charge in [-0.2, -0.15) is 0 Å². The van der Waals surface area contributed by atoms with Crippen LogP contribution in [0, 0.1) is 5.41 Å². The van der Waals surface area contributed by atoms with Gasteiger partial charge in [0, 0.05) is 26.7 Å². The monoisotopic (exact) mass is 312 g/mol. The zero-order chi connectivity index (χ0) is 15.5. The van der Waals surface area contributed by atoms with Gasteiger partial charge < -0.3 is 14.8 Å². The van der Waals surface area contributed by atoms with Crippen LogP contribution in [-0.4, -0.2) is 43.6 Å². The van der Waals surface area contributed by atoms with Gasteiger partial charge in [0.15, 0.2) is 16.6 Å². The van der Waals surface area contributed by atoms with E-state index in [-0.39, 0.29) is 16.9 Å². The Kier molecular flexibility index (Phi) is 4.95. The van der Waals surface area contributed by atoms with Crippen molar-refractivity contribution in [3.63, 3.8) is 0 Å². The minimum Gasteiger partial charge on any atom is -0.464 e. The second-order valence-corrected chi connectivity index (χ2v) is 6.52. The molecule has 1 aromatic rings. The fraction of sp³-hybridized carbons (Fsp3) is 0.643. The van der Waals surface area contributed by atoms with Gasteiger partial charge in [0.25, 0.3) is 0 Å². The number of hydrogen-bond donors (Lipinski definition) is 1. The van der Waals surface area contributed by atoms with E-state index in [0.29, 0.717) is 10.0 Å². The van der Waals surface area contributed by atoms with E-state index in [1.54, 1.807) is 0 Å². The van der Waals surface area contributed by atoms with E-state index in [0.717, 1.165) is 32.6 Å². The maximum absolute atomic E-state index is 11.6. The van der Waals surface area contributed by atoms with Crippen LogP contribution >= 0.6 is 11.3 Å². The lowest BCUT2D eigenvalue weighted by molar-refractivity contribution is 0.0300. The van der Waals surface area contributed by atoms with Crippen LogP contribution in [0.15, 0.2) is 0 Å². The molecule has 1 N–H and O–H groups in total. The molecule has 1 saturated heterocycles. The van der Waals surface area contributed by atoms with Crippen LogP contribution in [0.2, 0.25) is 0 Å². The Morgan fingerprint density at radius 2 is 2.10 bits per heavy atom.